The highest BCUT2D eigenvalue weighted by Crippen LogP contribution is 2.21. The number of benzene rings is 2. The molecule has 0 saturated carbocycles. The zero-order chi connectivity index (χ0) is 26.6. The number of ether oxygens (including phenoxy) is 3. The van der Waals surface area contributed by atoms with Gasteiger partial charge in [0.1, 0.15) is 17.1 Å². The number of carbonyl (C=O) groups excluding carboxylic acids is 3. The molecule has 0 heterocycles. The fraction of sp³-hybridized carbons (Fsp3) is 0.400. The van der Waals surface area contributed by atoms with Crippen molar-refractivity contribution in [1.29, 1.82) is 0 Å². The van der Waals surface area contributed by atoms with E-state index in [9.17, 15) is 19.5 Å². The summed E-state index contributed by atoms with van der Waals surface area (Å²) < 4.78 is 14.3. The number of hydrogen-bond donors (Lipinski definition) is 4. The van der Waals surface area contributed by atoms with Crippen LogP contribution in [0.3, 0.4) is 0 Å². The third-order valence-corrected chi connectivity index (χ3v) is 4.52. The van der Waals surface area contributed by atoms with E-state index in [0.29, 0.717) is 5.56 Å². The van der Waals surface area contributed by atoms with Gasteiger partial charge in [0.25, 0.3) is 0 Å². The number of phenols is 2. The Hall–Kier alpha value is -3.79. The van der Waals surface area contributed by atoms with Crippen molar-refractivity contribution in [2.24, 2.45) is 5.73 Å². The van der Waals surface area contributed by atoms with E-state index in [-0.39, 0.29) is 36.4 Å². The molecule has 0 aliphatic heterocycles. The first-order valence-electron chi connectivity index (χ1n) is 10.8. The first-order chi connectivity index (χ1) is 16.3. The Morgan fingerprint density at radius 1 is 0.829 bits per heavy atom. The maximum atomic E-state index is 11.8. The van der Waals surface area contributed by atoms with Gasteiger partial charge < -0.3 is 35.5 Å². The Morgan fingerprint density at radius 3 is 1.69 bits per heavy atom. The fourth-order valence-electron chi connectivity index (χ4n) is 2.76. The summed E-state index contributed by atoms with van der Waals surface area (Å²) >= 11 is 0. The number of esters is 2. The van der Waals surface area contributed by atoms with Crippen molar-refractivity contribution in [3.8, 4) is 11.5 Å². The Kier molecular flexibility index (Phi) is 11.5. The molecule has 2 aromatic rings. The monoisotopic (exact) mass is 490 g/mol. The summed E-state index contributed by atoms with van der Waals surface area (Å²) in [6.07, 6.45) is -0.508. The SMILES string of the molecule is COC(=O)C[C@@H](N)c1ccc(O)cc1.COC(=O)C[C@@H](NC(=O)OC(C)(C)C)c1ccc(O)cc1. The van der Waals surface area contributed by atoms with Gasteiger partial charge in [0.05, 0.1) is 33.1 Å². The van der Waals surface area contributed by atoms with Gasteiger partial charge in [0.2, 0.25) is 0 Å². The maximum absolute atomic E-state index is 11.8. The van der Waals surface area contributed by atoms with Crippen LogP contribution >= 0.6 is 0 Å². The Bertz CT molecular complexity index is 953. The number of phenolic OH excluding ortho intramolecular Hbond substituents is 2. The fourth-order valence-corrected chi connectivity index (χ4v) is 2.76. The zero-order valence-corrected chi connectivity index (χ0v) is 20.6. The van der Waals surface area contributed by atoms with Crippen molar-refractivity contribution in [3.05, 3.63) is 59.7 Å². The summed E-state index contributed by atoms with van der Waals surface area (Å²) in [4.78, 5) is 34.2. The summed E-state index contributed by atoms with van der Waals surface area (Å²) in [5, 5.41) is 21.0. The van der Waals surface area contributed by atoms with Crippen LogP contribution in [0.25, 0.3) is 0 Å². The van der Waals surface area contributed by atoms with Crippen molar-refractivity contribution >= 4 is 18.0 Å². The van der Waals surface area contributed by atoms with E-state index in [1.165, 1.54) is 38.5 Å². The van der Waals surface area contributed by atoms with Gasteiger partial charge in [0, 0.05) is 6.04 Å². The predicted molar refractivity (Wildman–Crippen MR) is 129 cm³/mol. The summed E-state index contributed by atoms with van der Waals surface area (Å²) in [5.74, 6) is -0.512. The van der Waals surface area contributed by atoms with Gasteiger partial charge in [-0.1, -0.05) is 24.3 Å². The van der Waals surface area contributed by atoms with Gasteiger partial charge in [-0.25, -0.2) is 4.79 Å². The first-order valence-corrected chi connectivity index (χ1v) is 10.8. The topological polar surface area (TPSA) is 157 Å². The molecule has 10 heteroatoms. The number of amides is 1. The highest BCUT2D eigenvalue weighted by Gasteiger charge is 2.23. The number of rotatable bonds is 7. The van der Waals surface area contributed by atoms with Crippen LogP contribution in [-0.2, 0) is 23.8 Å². The van der Waals surface area contributed by atoms with Crippen LogP contribution in [0.5, 0.6) is 11.5 Å². The molecule has 0 radical (unpaired) electrons. The maximum Gasteiger partial charge on any atom is 0.408 e. The molecule has 1 amide bonds. The van der Waals surface area contributed by atoms with Crippen LogP contribution in [0.2, 0.25) is 0 Å². The largest absolute Gasteiger partial charge is 0.508 e. The van der Waals surface area contributed by atoms with E-state index in [4.69, 9.17) is 15.6 Å². The summed E-state index contributed by atoms with van der Waals surface area (Å²) in [6, 6.07) is 11.7. The quantitative estimate of drug-likeness (QED) is 0.337. The van der Waals surface area contributed by atoms with Gasteiger partial charge in [-0.15, -0.1) is 0 Å². The van der Waals surface area contributed by atoms with Crippen molar-refractivity contribution < 1.29 is 38.8 Å². The lowest BCUT2D eigenvalue weighted by Crippen LogP contribution is -2.35. The molecule has 2 atom stereocenters. The molecule has 0 unspecified atom stereocenters. The average molecular weight is 491 g/mol. The standard InChI is InChI=1S/C15H21NO5.C10H13NO3/c1-15(2,3)21-14(19)16-12(9-13(18)20-4)10-5-7-11(17)8-6-10;1-14-10(13)6-9(11)7-2-4-8(12)5-3-7/h5-8,12,17H,9H2,1-4H3,(H,16,19);2-5,9,12H,6,11H2,1H3/t12-;9-/m11/s1. The molecule has 2 aromatic carbocycles. The molecular weight excluding hydrogens is 456 g/mol. The van der Waals surface area contributed by atoms with Crippen LogP contribution in [0.15, 0.2) is 48.5 Å². The molecule has 192 valence electrons. The number of nitrogens with one attached hydrogen (secondary N) is 1. The Balaban J connectivity index is 0.000000379. The Morgan fingerprint density at radius 2 is 1.26 bits per heavy atom. The van der Waals surface area contributed by atoms with E-state index < -0.39 is 23.7 Å². The van der Waals surface area contributed by atoms with Crippen LogP contribution < -0.4 is 11.1 Å². The van der Waals surface area contributed by atoms with Crippen LogP contribution in [0.4, 0.5) is 4.79 Å². The third kappa shape index (κ3) is 11.8. The van der Waals surface area contributed by atoms with Crippen LogP contribution in [0, 0.1) is 0 Å². The second-order valence-corrected chi connectivity index (χ2v) is 8.55. The minimum Gasteiger partial charge on any atom is -0.508 e. The van der Waals surface area contributed by atoms with E-state index >= 15 is 0 Å². The predicted octanol–water partition coefficient (Wildman–Crippen LogP) is 3.48. The Labute approximate surface area is 205 Å². The third-order valence-electron chi connectivity index (χ3n) is 4.52. The highest BCUT2D eigenvalue weighted by atomic mass is 16.6. The summed E-state index contributed by atoms with van der Waals surface area (Å²) in [5.41, 5.74) is 6.58. The molecule has 2 rings (SSSR count). The van der Waals surface area contributed by atoms with Crippen LogP contribution in [0.1, 0.15) is 56.8 Å². The molecule has 0 bridgehead atoms. The lowest BCUT2D eigenvalue weighted by Gasteiger charge is -2.23. The first kappa shape index (κ1) is 29.2. The lowest BCUT2D eigenvalue weighted by molar-refractivity contribution is -0.142. The summed E-state index contributed by atoms with van der Waals surface area (Å²) in [7, 11) is 2.61. The minimum absolute atomic E-state index is 0.0273. The number of aromatic hydroxyl groups is 2. The van der Waals surface area contributed by atoms with Gasteiger partial charge >= 0.3 is 18.0 Å². The molecule has 0 spiro atoms. The van der Waals surface area contributed by atoms with Gasteiger partial charge in [-0.2, -0.15) is 0 Å². The molecule has 10 nitrogen and oxygen atoms in total. The van der Waals surface area contributed by atoms with Gasteiger partial charge in [0.15, 0.2) is 0 Å². The molecular formula is C25H34N2O8. The highest BCUT2D eigenvalue weighted by molar-refractivity contribution is 5.73. The molecule has 0 aliphatic rings. The molecule has 0 aliphatic carbocycles. The van der Waals surface area contributed by atoms with E-state index in [2.05, 4.69) is 14.8 Å². The number of carbonyl (C=O) groups is 3. The van der Waals surface area contributed by atoms with Crippen molar-refractivity contribution in [3.63, 3.8) is 0 Å². The molecule has 35 heavy (non-hydrogen) atoms. The lowest BCUT2D eigenvalue weighted by atomic mass is 10.0. The van der Waals surface area contributed by atoms with E-state index in [1.807, 2.05) is 0 Å². The second-order valence-electron chi connectivity index (χ2n) is 8.55. The average Bonchev–Trinajstić information content (AvgIpc) is 2.78. The van der Waals surface area contributed by atoms with E-state index in [0.717, 1.165) is 5.56 Å². The van der Waals surface area contributed by atoms with Crippen molar-refractivity contribution in [1.82, 2.24) is 5.32 Å². The smallest absolute Gasteiger partial charge is 0.408 e. The zero-order valence-electron chi connectivity index (χ0n) is 20.6. The normalized spacial score (nSPS) is 12.3. The van der Waals surface area contributed by atoms with E-state index in [1.54, 1.807) is 45.0 Å². The van der Waals surface area contributed by atoms with Crippen LogP contribution in [-0.4, -0.2) is 48.1 Å². The molecule has 5 N–H and O–H groups in total. The number of methoxy groups -OCH3 is 2. The minimum atomic E-state index is -0.630. The second kappa shape index (κ2) is 13.8. The number of hydrogen-bond acceptors (Lipinski definition) is 9. The number of alkyl carbamates (subject to hydrolysis) is 1. The molecule has 0 saturated heterocycles. The van der Waals surface area contributed by atoms with Gasteiger partial charge in [-0.3, -0.25) is 9.59 Å². The number of nitrogens with two attached hydrogens (primary N) is 1. The van der Waals surface area contributed by atoms with Crippen molar-refractivity contribution in [2.75, 3.05) is 14.2 Å². The van der Waals surface area contributed by atoms with Crippen molar-refractivity contribution in [2.45, 2.75) is 51.3 Å². The summed E-state index contributed by atoms with van der Waals surface area (Å²) in [6.45, 7) is 5.26. The van der Waals surface area contributed by atoms with Gasteiger partial charge in [-0.05, 0) is 56.2 Å². The molecule has 0 fully saturated rings. The molecule has 0 aromatic heterocycles.